The van der Waals surface area contributed by atoms with E-state index in [9.17, 15) is 4.79 Å². The summed E-state index contributed by atoms with van der Waals surface area (Å²) in [4.78, 5) is 14.2. The second-order valence-corrected chi connectivity index (χ2v) is 6.62. The summed E-state index contributed by atoms with van der Waals surface area (Å²) in [6.07, 6.45) is 0.801. The predicted octanol–water partition coefficient (Wildman–Crippen LogP) is 3.78. The van der Waals surface area contributed by atoms with Gasteiger partial charge in [0.05, 0.1) is 31.5 Å². The first-order valence-corrected chi connectivity index (χ1v) is 8.76. The lowest BCUT2D eigenvalue weighted by Gasteiger charge is -2.17. The number of hydrogen-bond donors (Lipinski definition) is 1. The van der Waals surface area contributed by atoms with Crippen LogP contribution in [-0.2, 0) is 11.2 Å². The van der Waals surface area contributed by atoms with Crippen molar-refractivity contribution < 1.29 is 14.3 Å². The molecule has 0 fully saturated rings. The maximum atomic E-state index is 12.2. The van der Waals surface area contributed by atoms with Gasteiger partial charge in [-0.05, 0) is 55.8 Å². The summed E-state index contributed by atoms with van der Waals surface area (Å²) in [5, 5.41) is 3.40. The number of halogens is 1. The minimum atomic E-state index is -0.0921. The van der Waals surface area contributed by atoms with Crippen LogP contribution >= 0.6 is 11.6 Å². The molecule has 0 aromatic heterocycles. The molecule has 0 unspecified atom stereocenters. The molecule has 2 rings (SSSR count). The molecule has 0 bridgehead atoms. The van der Waals surface area contributed by atoms with Gasteiger partial charge in [-0.1, -0.05) is 23.7 Å². The van der Waals surface area contributed by atoms with Crippen molar-refractivity contribution in [3.63, 3.8) is 0 Å². The van der Waals surface area contributed by atoms with Crippen LogP contribution in [0.1, 0.15) is 11.1 Å². The van der Waals surface area contributed by atoms with Gasteiger partial charge in [0.2, 0.25) is 5.91 Å². The molecular weight excluding hydrogens is 352 g/mol. The van der Waals surface area contributed by atoms with Crippen LogP contribution in [0, 0.1) is 6.92 Å². The van der Waals surface area contributed by atoms with Gasteiger partial charge >= 0.3 is 0 Å². The van der Waals surface area contributed by atoms with Crippen molar-refractivity contribution in [3.05, 3.63) is 52.5 Å². The van der Waals surface area contributed by atoms with E-state index in [1.807, 2.05) is 55.3 Å². The Morgan fingerprint density at radius 1 is 1.12 bits per heavy atom. The predicted molar refractivity (Wildman–Crippen MR) is 106 cm³/mol. The molecule has 1 amide bonds. The van der Waals surface area contributed by atoms with Crippen molar-refractivity contribution in [2.24, 2.45) is 0 Å². The maximum absolute atomic E-state index is 12.2. The number of rotatable bonds is 8. The highest BCUT2D eigenvalue weighted by Crippen LogP contribution is 2.27. The van der Waals surface area contributed by atoms with Crippen molar-refractivity contribution in [1.82, 2.24) is 4.90 Å². The van der Waals surface area contributed by atoms with E-state index in [2.05, 4.69) is 5.32 Å². The number of carbonyl (C=O) groups excluding carboxylic acids is 1. The first-order chi connectivity index (χ1) is 12.4. The zero-order chi connectivity index (χ0) is 19.1. The smallest absolute Gasteiger partial charge is 0.238 e. The number of amides is 1. The number of anilines is 1. The fourth-order valence-electron chi connectivity index (χ4n) is 2.59. The Hall–Kier alpha value is -2.24. The van der Waals surface area contributed by atoms with E-state index in [0.29, 0.717) is 22.2 Å². The minimum absolute atomic E-state index is 0.0921. The van der Waals surface area contributed by atoms with Crippen LogP contribution in [0.2, 0.25) is 5.02 Å². The average Bonchev–Trinajstić information content (AvgIpc) is 2.62. The van der Waals surface area contributed by atoms with Gasteiger partial charge < -0.3 is 14.8 Å². The number of nitrogens with one attached hydrogen (secondary N) is 1. The largest absolute Gasteiger partial charge is 0.493 e. The van der Waals surface area contributed by atoms with Crippen LogP contribution in [0.5, 0.6) is 11.5 Å². The van der Waals surface area contributed by atoms with Crippen molar-refractivity contribution in [3.8, 4) is 11.5 Å². The molecule has 140 valence electrons. The summed E-state index contributed by atoms with van der Waals surface area (Å²) in [6, 6.07) is 11.4. The quantitative estimate of drug-likeness (QED) is 0.761. The van der Waals surface area contributed by atoms with E-state index in [0.717, 1.165) is 24.1 Å². The van der Waals surface area contributed by atoms with Crippen LogP contribution in [0.3, 0.4) is 0 Å². The van der Waals surface area contributed by atoms with Gasteiger partial charge in [-0.15, -0.1) is 0 Å². The van der Waals surface area contributed by atoms with Gasteiger partial charge in [0.15, 0.2) is 11.5 Å². The van der Waals surface area contributed by atoms with Crippen LogP contribution in [-0.4, -0.2) is 45.2 Å². The normalized spacial score (nSPS) is 10.7. The third-order valence-corrected chi connectivity index (χ3v) is 4.36. The number of nitrogens with zero attached hydrogens (tertiary/aromatic N) is 1. The van der Waals surface area contributed by atoms with Gasteiger partial charge in [0, 0.05) is 6.54 Å². The zero-order valence-electron chi connectivity index (χ0n) is 15.6. The zero-order valence-corrected chi connectivity index (χ0v) is 16.4. The van der Waals surface area contributed by atoms with Gasteiger partial charge in [-0.25, -0.2) is 0 Å². The number of hydrogen-bond acceptors (Lipinski definition) is 4. The van der Waals surface area contributed by atoms with Gasteiger partial charge in [-0.2, -0.15) is 0 Å². The molecule has 0 spiro atoms. The summed E-state index contributed by atoms with van der Waals surface area (Å²) < 4.78 is 10.6. The summed E-state index contributed by atoms with van der Waals surface area (Å²) in [7, 11) is 5.15. The van der Waals surface area contributed by atoms with Crippen molar-refractivity contribution >= 4 is 23.2 Å². The highest BCUT2D eigenvalue weighted by atomic mass is 35.5. The monoisotopic (exact) mass is 376 g/mol. The molecule has 1 N–H and O–H groups in total. The Labute approximate surface area is 159 Å². The molecule has 5 nitrogen and oxygen atoms in total. The van der Waals surface area contributed by atoms with Crippen LogP contribution in [0.25, 0.3) is 0 Å². The number of ether oxygens (including phenoxy) is 2. The number of carbonyl (C=O) groups is 1. The molecule has 0 radical (unpaired) electrons. The van der Waals surface area contributed by atoms with Crippen LogP contribution in [0.15, 0.2) is 36.4 Å². The molecule has 0 aliphatic rings. The van der Waals surface area contributed by atoms with Gasteiger partial charge in [0.25, 0.3) is 0 Å². The van der Waals surface area contributed by atoms with Crippen LogP contribution in [0.4, 0.5) is 5.69 Å². The third-order valence-electron chi connectivity index (χ3n) is 4.04. The van der Waals surface area contributed by atoms with E-state index < -0.39 is 0 Å². The molecule has 6 heteroatoms. The maximum Gasteiger partial charge on any atom is 0.238 e. The molecule has 0 aliphatic heterocycles. The molecule has 0 atom stereocenters. The Morgan fingerprint density at radius 2 is 1.85 bits per heavy atom. The Balaban J connectivity index is 1.86. The Morgan fingerprint density at radius 3 is 2.50 bits per heavy atom. The molecule has 0 saturated heterocycles. The molecular formula is C20H25ClN2O3. The second kappa shape index (κ2) is 9.46. The number of methoxy groups -OCH3 is 2. The minimum Gasteiger partial charge on any atom is -0.493 e. The van der Waals surface area contributed by atoms with E-state index in [1.165, 1.54) is 0 Å². The van der Waals surface area contributed by atoms with Crippen LogP contribution < -0.4 is 14.8 Å². The van der Waals surface area contributed by atoms with Crippen molar-refractivity contribution in [2.75, 3.05) is 39.7 Å². The first kappa shape index (κ1) is 20.1. The topological polar surface area (TPSA) is 50.8 Å². The highest BCUT2D eigenvalue weighted by molar-refractivity contribution is 6.33. The fourth-order valence-corrected chi connectivity index (χ4v) is 2.87. The second-order valence-electron chi connectivity index (χ2n) is 6.21. The van der Waals surface area contributed by atoms with Gasteiger partial charge in [-0.3, -0.25) is 9.69 Å². The number of aryl methyl sites for hydroxylation is 1. The molecule has 0 aliphatic carbocycles. The Bertz CT molecular complexity index is 765. The fraction of sp³-hybridized carbons (Fsp3) is 0.350. The van der Waals surface area contributed by atoms with E-state index >= 15 is 0 Å². The summed E-state index contributed by atoms with van der Waals surface area (Å²) >= 11 is 6.15. The lowest BCUT2D eigenvalue weighted by atomic mass is 10.1. The number of benzene rings is 2. The molecule has 2 aromatic rings. The first-order valence-electron chi connectivity index (χ1n) is 8.38. The highest BCUT2D eigenvalue weighted by Gasteiger charge is 2.10. The molecule has 26 heavy (non-hydrogen) atoms. The summed E-state index contributed by atoms with van der Waals surface area (Å²) in [5.41, 5.74) is 2.81. The summed E-state index contributed by atoms with van der Waals surface area (Å²) in [5.74, 6) is 1.32. The van der Waals surface area contributed by atoms with E-state index in [4.69, 9.17) is 21.1 Å². The lowest BCUT2D eigenvalue weighted by molar-refractivity contribution is -0.117. The van der Waals surface area contributed by atoms with Crippen molar-refractivity contribution in [2.45, 2.75) is 13.3 Å². The standard InChI is InChI=1S/C20H25ClN2O3/c1-14-5-7-17(16(21)11-14)22-20(24)13-23(2)10-9-15-6-8-18(25-3)19(12-15)26-4/h5-8,11-12H,9-10,13H2,1-4H3,(H,22,24). The van der Waals surface area contributed by atoms with Gasteiger partial charge in [0.1, 0.15) is 0 Å². The average molecular weight is 377 g/mol. The van der Waals surface area contributed by atoms with E-state index in [-0.39, 0.29) is 12.5 Å². The summed E-state index contributed by atoms with van der Waals surface area (Å²) in [6.45, 7) is 2.99. The SMILES string of the molecule is COc1ccc(CCN(C)CC(=O)Nc2ccc(C)cc2Cl)cc1OC. The third kappa shape index (κ3) is 5.64. The molecule has 2 aromatic carbocycles. The lowest BCUT2D eigenvalue weighted by Crippen LogP contribution is -2.31. The Kier molecular flexibility index (Phi) is 7.30. The van der Waals surface area contributed by atoms with Crippen molar-refractivity contribution in [1.29, 1.82) is 0 Å². The number of likely N-dealkylation sites (N-methyl/N-ethyl adjacent to an activating group) is 1. The molecule has 0 heterocycles. The van der Waals surface area contributed by atoms with E-state index in [1.54, 1.807) is 14.2 Å². The molecule has 0 saturated carbocycles.